The lowest BCUT2D eigenvalue weighted by atomic mass is 10.2. The fraction of sp³-hybridized carbons (Fsp3) is 0.267. The molecule has 20 heavy (non-hydrogen) atoms. The predicted octanol–water partition coefficient (Wildman–Crippen LogP) is 1.43. The summed E-state index contributed by atoms with van der Waals surface area (Å²) in [7, 11) is 0. The Balaban J connectivity index is 2.28. The molecule has 0 bridgehead atoms. The maximum atomic E-state index is 12.3. The molecule has 0 saturated carbocycles. The first-order chi connectivity index (χ1) is 9.58. The van der Waals surface area contributed by atoms with Crippen molar-refractivity contribution in [1.29, 1.82) is 0 Å². The molecule has 1 N–H and O–H groups in total. The second kappa shape index (κ2) is 6.14. The van der Waals surface area contributed by atoms with E-state index in [4.69, 9.17) is 0 Å². The van der Waals surface area contributed by atoms with Crippen LogP contribution in [0.4, 0.5) is 0 Å². The minimum atomic E-state index is -0.389. The van der Waals surface area contributed by atoms with E-state index in [2.05, 4.69) is 10.3 Å². The van der Waals surface area contributed by atoms with E-state index in [0.717, 1.165) is 5.56 Å². The van der Waals surface area contributed by atoms with Crippen LogP contribution in [0.25, 0.3) is 0 Å². The molecule has 0 radical (unpaired) electrons. The summed E-state index contributed by atoms with van der Waals surface area (Å²) in [6.45, 7) is 4.09. The molecule has 0 fully saturated rings. The van der Waals surface area contributed by atoms with Gasteiger partial charge in [0, 0.05) is 12.2 Å². The summed E-state index contributed by atoms with van der Waals surface area (Å²) in [5.41, 5.74) is 0.719. The average molecular weight is 271 g/mol. The van der Waals surface area contributed by atoms with Gasteiger partial charge in [0.05, 0.1) is 12.9 Å². The highest BCUT2D eigenvalue weighted by Crippen LogP contribution is 2.00. The molecule has 2 aromatic rings. The van der Waals surface area contributed by atoms with Gasteiger partial charge >= 0.3 is 0 Å². The minimum Gasteiger partial charge on any atom is -0.350 e. The van der Waals surface area contributed by atoms with Gasteiger partial charge in [-0.3, -0.25) is 14.2 Å². The van der Waals surface area contributed by atoms with Crippen LogP contribution in [-0.4, -0.2) is 21.5 Å². The van der Waals surface area contributed by atoms with Crippen LogP contribution in [-0.2, 0) is 6.54 Å². The fourth-order valence-electron chi connectivity index (χ4n) is 1.84. The Hall–Kier alpha value is -2.43. The highest BCUT2D eigenvalue weighted by molar-refractivity contribution is 5.93. The van der Waals surface area contributed by atoms with Gasteiger partial charge in [0.25, 0.3) is 11.5 Å². The van der Waals surface area contributed by atoms with Crippen LogP contribution < -0.4 is 10.9 Å². The van der Waals surface area contributed by atoms with Gasteiger partial charge in [0.1, 0.15) is 5.56 Å². The number of benzene rings is 1. The number of carbonyl (C=O) groups excluding carboxylic acids is 1. The van der Waals surface area contributed by atoms with Gasteiger partial charge in [0.15, 0.2) is 0 Å². The van der Waals surface area contributed by atoms with E-state index in [1.165, 1.54) is 17.1 Å². The zero-order valence-electron chi connectivity index (χ0n) is 11.5. The molecule has 104 valence electrons. The van der Waals surface area contributed by atoms with Crippen LogP contribution in [0.2, 0.25) is 0 Å². The molecular formula is C15H17N3O2. The molecule has 0 atom stereocenters. The molecule has 5 nitrogen and oxygen atoms in total. The van der Waals surface area contributed by atoms with Crippen molar-refractivity contribution in [2.75, 3.05) is 0 Å². The quantitative estimate of drug-likeness (QED) is 0.915. The summed E-state index contributed by atoms with van der Waals surface area (Å²) < 4.78 is 1.44. The molecule has 0 spiro atoms. The maximum absolute atomic E-state index is 12.3. The van der Waals surface area contributed by atoms with Crippen molar-refractivity contribution in [1.82, 2.24) is 14.9 Å². The second-order valence-electron chi connectivity index (χ2n) is 4.85. The molecule has 0 aliphatic rings. The van der Waals surface area contributed by atoms with Crippen LogP contribution in [0.5, 0.6) is 0 Å². The molecule has 0 saturated heterocycles. The van der Waals surface area contributed by atoms with E-state index >= 15 is 0 Å². The first kappa shape index (κ1) is 14.0. The zero-order valence-corrected chi connectivity index (χ0v) is 11.5. The van der Waals surface area contributed by atoms with Crippen LogP contribution in [0, 0.1) is 0 Å². The topological polar surface area (TPSA) is 64.0 Å². The average Bonchev–Trinajstić information content (AvgIpc) is 2.41. The molecule has 1 heterocycles. The number of rotatable bonds is 4. The Morgan fingerprint density at radius 2 is 2.00 bits per heavy atom. The summed E-state index contributed by atoms with van der Waals surface area (Å²) in [5, 5.41) is 2.70. The Kier molecular flexibility index (Phi) is 4.30. The lowest BCUT2D eigenvalue weighted by Gasteiger charge is -2.10. The first-order valence-electron chi connectivity index (χ1n) is 6.47. The lowest BCUT2D eigenvalue weighted by molar-refractivity contribution is 0.0940. The smallest absolute Gasteiger partial charge is 0.266 e. The molecule has 0 aliphatic heterocycles. The summed E-state index contributed by atoms with van der Waals surface area (Å²) >= 11 is 0. The number of aromatic nitrogens is 2. The van der Waals surface area contributed by atoms with Crippen molar-refractivity contribution in [2.24, 2.45) is 0 Å². The highest BCUT2D eigenvalue weighted by atomic mass is 16.2. The molecule has 1 aromatic heterocycles. The lowest BCUT2D eigenvalue weighted by Crippen LogP contribution is -2.36. The number of hydrogen-bond acceptors (Lipinski definition) is 3. The van der Waals surface area contributed by atoms with Crippen LogP contribution in [0.3, 0.4) is 0 Å². The first-order valence-corrected chi connectivity index (χ1v) is 6.47. The third-order valence-corrected chi connectivity index (χ3v) is 2.76. The monoisotopic (exact) mass is 271 g/mol. The minimum absolute atomic E-state index is 0.0234. The fourth-order valence-corrected chi connectivity index (χ4v) is 1.84. The van der Waals surface area contributed by atoms with Crippen molar-refractivity contribution in [3.05, 3.63) is 64.3 Å². The third-order valence-electron chi connectivity index (χ3n) is 2.76. The van der Waals surface area contributed by atoms with Crippen molar-refractivity contribution >= 4 is 5.91 Å². The van der Waals surface area contributed by atoms with Gasteiger partial charge in [-0.25, -0.2) is 4.98 Å². The molecule has 1 aromatic carbocycles. The van der Waals surface area contributed by atoms with Gasteiger partial charge in [-0.15, -0.1) is 0 Å². The number of nitrogens with one attached hydrogen (secondary N) is 1. The van der Waals surface area contributed by atoms with E-state index in [0.29, 0.717) is 6.54 Å². The standard InChI is InChI=1S/C15H17N3O2/c1-11(2)17-14(19)13-8-16-10-18(15(13)20)9-12-6-4-3-5-7-12/h3-8,10-11H,9H2,1-2H3,(H,17,19). The van der Waals surface area contributed by atoms with Crippen molar-refractivity contribution < 1.29 is 4.79 Å². The second-order valence-corrected chi connectivity index (χ2v) is 4.85. The van der Waals surface area contributed by atoms with E-state index in [9.17, 15) is 9.59 Å². The van der Waals surface area contributed by atoms with Gasteiger partial charge in [-0.1, -0.05) is 30.3 Å². The van der Waals surface area contributed by atoms with Crippen LogP contribution in [0.15, 0.2) is 47.7 Å². The molecule has 5 heteroatoms. The van der Waals surface area contributed by atoms with E-state index in [-0.39, 0.29) is 23.1 Å². The number of nitrogens with zero attached hydrogens (tertiary/aromatic N) is 2. The van der Waals surface area contributed by atoms with Gasteiger partial charge in [-0.05, 0) is 19.4 Å². The molecular weight excluding hydrogens is 254 g/mol. The summed E-state index contributed by atoms with van der Waals surface area (Å²) in [5.74, 6) is -0.389. The highest BCUT2D eigenvalue weighted by Gasteiger charge is 2.13. The summed E-state index contributed by atoms with van der Waals surface area (Å²) in [4.78, 5) is 28.1. The Morgan fingerprint density at radius 3 is 2.65 bits per heavy atom. The van der Waals surface area contributed by atoms with Crippen molar-refractivity contribution in [2.45, 2.75) is 26.4 Å². The summed E-state index contributed by atoms with van der Waals surface area (Å²) in [6, 6.07) is 9.55. The van der Waals surface area contributed by atoms with E-state index in [1.54, 1.807) is 0 Å². The van der Waals surface area contributed by atoms with E-state index in [1.807, 2.05) is 44.2 Å². The van der Waals surface area contributed by atoms with Crippen molar-refractivity contribution in [3.8, 4) is 0 Å². The zero-order chi connectivity index (χ0) is 14.5. The Morgan fingerprint density at radius 1 is 1.30 bits per heavy atom. The SMILES string of the molecule is CC(C)NC(=O)c1cncn(Cc2ccccc2)c1=O. The largest absolute Gasteiger partial charge is 0.350 e. The molecule has 0 aliphatic carbocycles. The summed E-state index contributed by atoms with van der Waals surface area (Å²) in [6.07, 6.45) is 2.75. The van der Waals surface area contributed by atoms with Crippen LogP contribution >= 0.6 is 0 Å². The Labute approximate surface area is 117 Å². The van der Waals surface area contributed by atoms with Gasteiger partial charge in [0.2, 0.25) is 0 Å². The normalized spacial score (nSPS) is 10.6. The van der Waals surface area contributed by atoms with Gasteiger partial charge in [-0.2, -0.15) is 0 Å². The third kappa shape index (κ3) is 3.32. The number of hydrogen-bond donors (Lipinski definition) is 1. The van der Waals surface area contributed by atoms with Crippen molar-refractivity contribution in [3.63, 3.8) is 0 Å². The van der Waals surface area contributed by atoms with Gasteiger partial charge < -0.3 is 5.32 Å². The molecule has 0 unspecified atom stereocenters. The molecule has 1 amide bonds. The maximum Gasteiger partial charge on any atom is 0.266 e. The van der Waals surface area contributed by atoms with E-state index < -0.39 is 0 Å². The number of amides is 1. The predicted molar refractivity (Wildman–Crippen MR) is 76.6 cm³/mol. The molecule has 2 rings (SSSR count). The van der Waals surface area contributed by atoms with Crippen LogP contribution in [0.1, 0.15) is 29.8 Å². The Bertz CT molecular complexity index is 648. The number of carbonyl (C=O) groups is 1.